The van der Waals surface area contributed by atoms with E-state index >= 15 is 0 Å². The third-order valence-electron chi connectivity index (χ3n) is 2.37. The molecule has 1 aromatic rings. The quantitative estimate of drug-likeness (QED) is 0.686. The van der Waals surface area contributed by atoms with Crippen LogP contribution in [0.2, 0.25) is 0 Å². The summed E-state index contributed by atoms with van der Waals surface area (Å²) in [6, 6.07) is 0. The number of nitrogens with zero attached hydrogens (tertiary/aromatic N) is 1. The van der Waals surface area contributed by atoms with Crippen LogP contribution in [0.25, 0.3) is 0 Å². The Hall–Kier alpha value is -1.36. The first-order chi connectivity index (χ1) is 7.75. The van der Waals surface area contributed by atoms with Gasteiger partial charge < -0.3 is 14.9 Å². The normalized spacial score (nSPS) is 10.4. The van der Waals surface area contributed by atoms with Gasteiger partial charge in [-0.15, -0.1) is 0 Å². The van der Waals surface area contributed by atoms with E-state index in [1.807, 2.05) is 0 Å². The lowest BCUT2D eigenvalue weighted by molar-refractivity contribution is 0.0951. The van der Waals surface area contributed by atoms with Gasteiger partial charge in [0.25, 0.3) is 5.91 Å². The molecular formula is C11H18N2O3. The number of carbonyl (C=O) groups excluding carboxylic acids is 1. The van der Waals surface area contributed by atoms with Gasteiger partial charge in [-0.2, -0.15) is 0 Å². The summed E-state index contributed by atoms with van der Waals surface area (Å²) in [6.45, 7) is 2.60. The number of amides is 1. The Morgan fingerprint density at radius 3 is 2.81 bits per heavy atom. The molecular weight excluding hydrogens is 208 g/mol. The van der Waals surface area contributed by atoms with Crippen molar-refractivity contribution in [1.82, 2.24) is 10.5 Å². The Bertz CT molecular complexity index is 323. The highest BCUT2D eigenvalue weighted by Gasteiger charge is 2.11. The minimum Gasteiger partial charge on any atom is -0.396 e. The fraction of sp³-hybridized carbons (Fsp3) is 0.636. The van der Waals surface area contributed by atoms with Crippen LogP contribution in [-0.2, 0) is 0 Å². The Balaban J connectivity index is 2.14. The van der Waals surface area contributed by atoms with Crippen LogP contribution in [0.4, 0.5) is 0 Å². The molecule has 90 valence electrons. The first-order valence-corrected chi connectivity index (χ1v) is 5.56. The minimum atomic E-state index is -0.138. The number of aromatic nitrogens is 1. The first-order valence-electron chi connectivity index (χ1n) is 5.56. The van der Waals surface area contributed by atoms with Crippen LogP contribution < -0.4 is 5.32 Å². The van der Waals surface area contributed by atoms with Gasteiger partial charge in [-0.05, 0) is 19.8 Å². The summed E-state index contributed by atoms with van der Waals surface area (Å²) in [5.41, 5.74) is 0.496. The number of aliphatic hydroxyl groups is 1. The maximum absolute atomic E-state index is 11.6. The molecule has 5 nitrogen and oxygen atoms in total. The Morgan fingerprint density at radius 2 is 2.19 bits per heavy atom. The largest absolute Gasteiger partial charge is 0.396 e. The molecule has 5 heteroatoms. The molecule has 0 fully saturated rings. The number of aryl methyl sites for hydroxylation is 1. The molecule has 16 heavy (non-hydrogen) atoms. The van der Waals surface area contributed by atoms with E-state index in [1.165, 1.54) is 6.20 Å². The number of rotatable bonds is 7. The molecule has 0 radical (unpaired) electrons. The monoisotopic (exact) mass is 226 g/mol. The van der Waals surface area contributed by atoms with Gasteiger partial charge >= 0.3 is 0 Å². The molecule has 0 aliphatic carbocycles. The zero-order chi connectivity index (χ0) is 11.8. The highest BCUT2D eigenvalue weighted by molar-refractivity contribution is 5.94. The molecule has 0 unspecified atom stereocenters. The van der Waals surface area contributed by atoms with Crippen molar-refractivity contribution in [3.8, 4) is 0 Å². The van der Waals surface area contributed by atoms with Crippen LogP contribution >= 0.6 is 0 Å². The summed E-state index contributed by atoms with van der Waals surface area (Å²) in [7, 11) is 0. The van der Waals surface area contributed by atoms with Gasteiger partial charge in [0.15, 0.2) is 0 Å². The zero-order valence-corrected chi connectivity index (χ0v) is 9.53. The number of hydrogen-bond donors (Lipinski definition) is 2. The Labute approximate surface area is 94.8 Å². The molecule has 0 spiro atoms. The van der Waals surface area contributed by atoms with Crippen LogP contribution in [0.3, 0.4) is 0 Å². The van der Waals surface area contributed by atoms with E-state index in [1.54, 1.807) is 6.92 Å². The number of hydrogen-bond acceptors (Lipinski definition) is 4. The van der Waals surface area contributed by atoms with Crippen molar-refractivity contribution in [3.05, 3.63) is 17.5 Å². The molecule has 1 heterocycles. The second-order valence-electron chi connectivity index (χ2n) is 3.69. The summed E-state index contributed by atoms with van der Waals surface area (Å²) in [6.07, 6.45) is 5.20. The molecule has 2 N–H and O–H groups in total. The third kappa shape index (κ3) is 4.02. The number of aliphatic hydroxyl groups excluding tert-OH is 1. The van der Waals surface area contributed by atoms with Crippen molar-refractivity contribution in [2.75, 3.05) is 13.2 Å². The average molecular weight is 226 g/mol. The van der Waals surface area contributed by atoms with E-state index in [2.05, 4.69) is 10.5 Å². The van der Waals surface area contributed by atoms with Gasteiger partial charge in [-0.25, -0.2) is 0 Å². The topological polar surface area (TPSA) is 75.4 Å². The van der Waals surface area contributed by atoms with Crippen molar-refractivity contribution < 1.29 is 14.4 Å². The fourth-order valence-corrected chi connectivity index (χ4v) is 1.40. The number of nitrogens with one attached hydrogen (secondary N) is 1. The fourth-order valence-electron chi connectivity index (χ4n) is 1.40. The summed E-state index contributed by atoms with van der Waals surface area (Å²) in [5.74, 6) is 0.402. The molecule has 0 aliphatic heterocycles. The standard InChI is InChI=1S/C11H18N2O3/c1-9-10(8-13-16-9)11(15)12-6-4-2-3-5-7-14/h8,14H,2-7H2,1H3,(H,12,15). The summed E-state index contributed by atoms with van der Waals surface area (Å²) in [5, 5.41) is 14.9. The molecule has 0 atom stereocenters. The van der Waals surface area contributed by atoms with Gasteiger partial charge in [-0.1, -0.05) is 18.0 Å². The molecule has 1 rings (SSSR count). The number of carbonyl (C=O) groups is 1. The van der Waals surface area contributed by atoms with Crippen LogP contribution in [0.15, 0.2) is 10.7 Å². The Morgan fingerprint density at radius 1 is 1.44 bits per heavy atom. The maximum atomic E-state index is 11.6. The van der Waals surface area contributed by atoms with E-state index in [-0.39, 0.29) is 12.5 Å². The highest BCUT2D eigenvalue weighted by atomic mass is 16.5. The van der Waals surface area contributed by atoms with Crippen LogP contribution in [-0.4, -0.2) is 29.3 Å². The van der Waals surface area contributed by atoms with Crippen molar-refractivity contribution in [3.63, 3.8) is 0 Å². The molecule has 1 aromatic heterocycles. The second-order valence-corrected chi connectivity index (χ2v) is 3.69. The lowest BCUT2D eigenvalue weighted by Gasteiger charge is -2.03. The molecule has 0 saturated heterocycles. The van der Waals surface area contributed by atoms with Crippen LogP contribution in [0.5, 0.6) is 0 Å². The molecule has 0 aliphatic rings. The van der Waals surface area contributed by atoms with Crippen molar-refractivity contribution >= 4 is 5.91 Å². The predicted octanol–water partition coefficient (Wildman–Crippen LogP) is 1.27. The van der Waals surface area contributed by atoms with Gasteiger partial charge in [0.1, 0.15) is 11.3 Å². The molecule has 0 bridgehead atoms. The second kappa shape index (κ2) is 7.00. The van der Waals surface area contributed by atoms with E-state index in [4.69, 9.17) is 9.63 Å². The van der Waals surface area contributed by atoms with E-state index < -0.39 is 0 Å². The van der Waals surface area contributed by atoms with Gasteiger partial charge in [0.2, 0.25) is 0 Å². The predicted molar refractivity (Wildman–Crippen MR) is 59.1 cm³/mol. The SMILES string of the molecule is Cc1oncc1C(=O)NCCCCCCO. The van der Waals surface area contributed by atoms with Gasteiger partial charge in [0.05, 0.1) is 6.20 Å². The van der Waals surface area contributed by atoms with E-state index in [0.717, 1.165) is 25.7 Å². The maximum Gasteiger partial charge on any atom is 0.256 e. The average Bonchev–Trinajstić information content (AvgIpc) is 2.69. The Kier molecular flexibility index (Phi) is 5.56. The lowest BCUT2D eigenvalue weighted by atomic mass is 10.2. The van der Waals surface area contributed by atoms with Crippen LogP contribution in [0.1, 0.15) is 41.8 Å². The first kappa shape index (κ1) is 12.7. The smallest absolute Gasteiger partial charge is 0.256 e. The number of unbranched alkanes of at least 4 members (excludes halogenated alkanes) is 3. The minimum absolute atomic E-state index is 0.138. The van der Waals surface area contributed by atoms with Crippen molar-refractivity contribution in [2.45, 2.75) is 32.6 Å². The van der Waals surface area contributed by atoms with Gasteiger partial charge in [0, 0.05) is 13.2 Å². The van der Waals surface area contributed by atoms with E-state index in [9.17, 15) is 4.79 Å². The van der Waals surface area contributed by atoms with Crippen molar-refractivity contribution in [2.24, 2.45) is 0 Å². The summed E-state index contributed by atoms with van der Waals surface area (Å²) in [4.78, 5) is 11.6. The van der Waals surface area contributed by atoms with Crippen molar-refractivity contribution in [1.29, 1.82) is 0 Å². The van der Waals surface area contributed by atoms with Crippen LogP contribution in [0, 0.1) is 6.92 Å². The third-order valence-corrected chi connectivity index (χ3v) is 2.37. The summed E-state index contributed by atoms with van der Waals surface area (Å²) < 4.78 is 4.81. The summed E-state index contributed by atoms with van der Waals surface area (Å²) >= 11 is 0. The molecule has 1 amide bonds. The molecule has 0 aromatic carbocycles. The van der Waals surface area contributed by atoms with Gasteiger partial charge in [-0.3, -0.25) is 4.79 Å². The van der Waals surface area contributed by atoms with E-state index in [0.29, 0.717) is 17.9 Å². The highest BCUT2D eigenvalue weighted by Crippen LogP contribution is 2.05. The zero-order valence-electron chi connectivity index (χ0n) is 9.53. The lowest BCUT2D eigenvalue weighted by Crippen LogP contribution is -2.24. The molecule has 0 saturated carbocycles.